The van der Waals surface area contributed by atoms with E-state index in [0.717, 1.165) is 5.56 Å². The van der Waals surface area contributed by atoms with Crippen molar-refractivity contribution in [3.8, 4) is 0 Å². The van der Waals surface area contributed by atoms with Gasteiger partial charge in [-0.2, -0.15) is 0 Å². The quantitative estimate of drug-likeness (QED) is 0.866. The number of carbonyl (C=O) groups is 1. The molecule has 0 bridgehead atoms. The Bertz CT molecular complexity index is 422. The predicted octanol–water partition coefficient (Wildman–Crippen LogP) is 3.94. The third kappa shape index (κ3) is 3.28. The number of halogens is 2. The summed E-state index contributed by atoms with van der Waals surface area (Å²) in [7, 11) is 0. The molecular weight excluding hydrogens is 238 g/mol. The number of carboxylic acids is 1. The van der Waals surface area contributed by atoms with E-state index in [1.54, 1.807) is 26.0 Å². The van der Waals surface area contributed by atoms with E-state index >= 15 is 0 Å². The Balaban J connectivity index is 2.99. The van der Waals surface area contributed by atoms with E-state index in [-0.39, 0.29) is 18.4 Å². The summed E-state index contributed by atoms with van der Waals surface area (Å²) in [6, 6.07) is 5.93. The van der Waals surface area contributed by atoms with Crippen LogP contribution < -0.4 is 0 Å². The highest BCUT2D eigenvalue weighted by molar-refractivity contribution is 5.68. The van der Waals surface area contributed by atoms with Crippen LogP contribution in [-0.2, 0) is 16.1 Å². The smallest absolute Gasteiger partial charge is 0.304 e. The zero-order valence-electron chi connectivity index (χ0n) is 10.8. The Morgan fingerprint density at radius 2 is 1.61 bits per heavy atom. The van der Waals surface area contributed by atoms with Gasteiger partial charge < -0.3 is 5.11 Å². The molecule has 0 atom stereocenters. The lowest BCUT2D eigenvalue weighted by Crippen LogP contribution is -2.22. The molecule has 4 heteroatoms. The normalized spacial score (nSPS) is 12.5. The number of alkyl halides is 2. The summed E-state index contributed by atoms with van der Waals surface area (Å²) in [4.78, 5) is 10.7. The van der Waals surface area contributed by atoms with Crippen LogP contribution in [0.5, 0.6) is 0 Å². The molecule has 0 saturated carbocycles. The summed E-state index contributed by atoms with van der Waals surface area (Å²) < 4.78 is 26.9. The Morgan fingerprint density at radius 3 is 2.00 bits per heavy atom. The van der Waals surface area contributed by atoms with Gasteiger partial charge in [0, 0.05) is 17.4 Å². The molecule has 100 valence electrons. The zero-order valence-corrected chi connectivity index (χ0v) is 10.8. The molecule has 0 amide bonds. The maximum atomic E-state index is 13.4. The largest absolute Gasteiger partial charge is 0.481 e. The van der Waals surface area contributed by atoms with Crippen molar-refractivity contribution in [2.75, 3.05) is 0 Å². The van der Waals surface area contributed by atoms with Gasteiger partial charge in [0.15, 0.2) is 0 Å². The van der Waals surface area contributed by atoms with Crippen LogP contribution in [0, 0.1) is 0 Å². The predicted molar refractivity (Wildman–Crippen MR) is 65.9 cm³/mol. The summed E-state index contributed by atoms with van der Waals surface area (Å²) >= 11 is 0. The first-order chi connectivity index (χ1) is 8.19. The molecule has 0 aliphatic carbocycles. The van der Waals surface area contributed by atoms with Gasteiger partial charge in [-0.3, -0.25) is 4.79 Å². The highest BCUT2D eigenvalue weighted by Gasteiger charge is 2.30. The zero-order chi connectivity index (χ0) is 14.0. The minimum Gasteiger partial charge on any atom is -0.481 e. The van der Waals surface area contributed by atoms with E-state index in [2.05, 4.69) is 0 Å². The van der Waals surface area contributed by atoms with Gasteiger partial charge in [-0.05, 0) is 5.56 Å². The van der Waals surface area contributed by atoms with E-state index in [1.807, 2.05) is 0 Å². The van der Waals surface area contributed by atoms with Gasteiger partial charge >= 0.3 is 5.97 Å². The number of aliphatic carboxylic acids is 1. The third-order valence-electron chi connectivity index (χ3n) is 3.13. The van der Waals surface area contributed by atoms with Gasteiger partial charge in [-0.1, -0.05) is 45.0 Å². The molecule has 0 aromatic heterocycles. The molecule has 2 nitrogen and oxygen atoms in total. The van der Waals surface area contributed by atoms with Gasteiger partial charge in [-0.15, -0.1) is 0 Å². The van der Waals surface area contributed by atoms with Crippen LogP contribution in [0.25, 0.3) is 0 Å². The minimum absolute atomic E-state index is 0.0279. The van der Waals surface area contributed by atoms with Gasteiger partial charge in [0.05, 0.1) is 6.42 Å². The lowest BCUT2D eigenvalue weighted by molar-refractivity contribution is -0.138. The lowest BCUT2D eigenvalue weighted by Gasteiger charge is -2.24. The molecule has 0 fully saturated rings. The van der Waals surface area contributed by atoms with Crippen LogP contribution in [0.3, 0.4) is 0 Å². The first-order valence-corrected chi connectivity index (χ1v) is 5.89. The van der Waals surface area contributed by atoms with Crippen LogP contribution in [0.4, 0.5) is 8.78 Å². The summed E-state index contributed by atoms with van der Waals surface area (Å²) in [5.41, 5.74) is 0.159. The second-order valence-electron chi connectivity index (χ2n) is 5.09. The minimum atomic E-state index is -2.82. The van der Waals surface area contributed by atoms with Gasteiger partial charge in [0.2, 0.25) is 0 Å². The molecule has 0 saturated heterocycles. The van der Waals surface area contributed by atoms with Crippen LogP contribution >= 0.6 is 0 Å². The Hall–Kier alpha value is -1.45. The summed E-state index contributed by atoms with van der Waals surface area (Å²) in [5.74, 6) is -3.72. The molecule has 1 aromatic rings. The number of carboxylic acid groups (broad SMARTS) is 1. The van der Waals surface area contributed by atoms with Crippen LogP contribution in [0.1, 0.15) is 44.7 Å². The van der Waals surface area contributed by atoms with Gasteiger partial charge in [-0.25, -0.2) is 8.78 Å². The Morgan fingerprint density at radius 1 is 1.17 bits per heavy atom. The van der Waals surface area contributed by atoms with Crippen LogP contribution in [0.15, 0.2) is 24.3 Å². The topological polar surface area (TPSA) is 37.3 Å². The molecule has 1 aromatic carbocycles. The van der Waals surface area contributed by atoms with Crippen molar-refractivity contribution in [1.82, 2.24) is 0 Å². The van der Waals surface area contributed by atoms with Gasteiger partial charge in [0.1, 0.15) is 0 Å². The highest BCUT2D eigenvalue weighted by atomic mass is 19.3. The van der Waals surface area contributed by atoms with E-state index in [9.17, 15) is 13.6 Å². The van der Waals surface area contributed by atoms with E-state index < -0.39 is 17.3 Å². The molecule has 18 heavy (non-hydrogen) atoms. The molecule has 0 spiro atoms. The SMILES string of the molecule is CCC(F)(F)c1ccc(C(C)(C)CC(=O)O)cc1. The second kappa shape index (κ2) is 5.04. The average molecular weight is 256 g/mol. The molecular formula is C14H18F2O2. The van der Waals surface area contributed by atoms with E-state index in [4.69, 9.17) is 5.11 Å². The van der Waals surface area contributed by atoms with E-state index in [1.165, 1.54) is 19.1 Å². The summed E-state index contributed by atoms with van der Waals surface area (Å²) in [6.07, 6.45) is -0.276. The molecule has 0 heterocycles. The van der Waals surface area contributed by atoms with Crippen molar-refractivity contribution in [2.45, 2.75) is 45.0 Å². The fraction of sp³-hybridized carbons (Fsp3) is 0.500. The average Bonchev–Trinajstić information content (AvgIpc) is 2.27. The van der Waals surface area contributed by atoms with Gasteiger partial charge in [0.25, 0.3) is 5.92 Å². The second-order valence-corrected chi connectivity index (χ2v) is 5.09. The highest BCUT2D eigenvalue weighted by Crippen LogP contribution is 2.33. The van der Waals surface area contributed by atoms with Crippen LogP contribution in [0.2, 0.25) is 0 Å². The fourth-order valence-corrected chi connectivity index (χ4v) is 1.85. The number of hydrogen-bond donors (Lipinski definition) is 1. The Kier molecular flexibility index (Phi) is 4.09. The maximum Gasteiger partial charge on any atom is 0.304 e. The molecule has 1 N–H and O–H groups in total. The van der Waals surface area contributed by atoms with Crippen molar-refractivity contribution in [2.24, 2.45) is 0 Å². The van der Waals surface area contributed by atoms with Crippen molar-refractivity contribution in [1.29, 1.82) is 0 Å². The fourth-order valence-electron chi connectivity index (χ4n) is 1.85. The summed E-state index contributed by atoms with van der Waals surface area (Å²) in [6.45, 7) is 5.00. The molecule has 0 unspecified atom stereocenters. The van der Waals surface area contributed by atoms with Crippen molar-refractivity contribution >= 4 is 5.97 Å². The van der Waals surface area contributed by atoms with Crippen LogP contribution in [-0.4, -0.2) is 11.1 Å². The van der Waals surface area contributed by atoms with Crippen molar-refractivity contribution in [3.05, 3.63) is 35.4 Å². The number of hydrogen-bond acceptors (Lipinski definition) is 1. The first-order valence-electron chi connectivity index (χ1n) is 5.89. The molecule has 0 aliphatic rings. The van der Waals surface area contributed by atoms with E-state index in [0.29, 0.717) is 0 Å². The first kappa shape index (κ1) is 14.6. The Labute approximate surface area is 106 Å². The lowest BCUT2D eigenvalue weighted by atomic mass is 9.81. The number of rotatable bonds is 5. The summed E-state index contributed by atoms with van der Waals surface area (Å²) in [5, 5.41) is 8.81. The van der Waals surface area contributed by atoms with Crippen molar-refractivity contribution in [3.63, 3.8) is 0 Å². The standard InChI is InChI=1S/C14H18F2O2/c1-4-14(15,16)11-7-5-10(6-8-11)13(2,3)9-12(17)18/h5-8H,4,9H2,1-3H3,(H,17,18). The molecule has 1 rings (SSSR count). The molecule has 0 radical (unpaired) electrons. The molecule has 0 aliphatic heterocycles. The monoisotopic (exact) mass is 256 g/mol. The van der Waals surface area contributed by atoms with Crippen molar-refractivity contribution < 1.29 is 18.7 Å². The maximum absolute atomic E-state index is 13.4. The third-order valence-corrected chi connectivity index (χ3v) is 3.13. The number of benzene rings is 1.